The molecule has 1 aliphatic heterocycles. The summed E-state index contributed by atoms with van der Waals surface area (Å²) in [5.74, 6) is 0. The fourth-order valence-corrected chi connectivity index (χ4v) is 0.806. The van der Waals surface area contributed by atoms with E-state index in [1.54, 1.807) is 6.08 Å². The van der Waals surface area contributed by atoms with Gasteiger partial charge in [-0.2, -0.15) is 0 Å². The molecule has 0 amide bonds. The van der Waals surface area contributed by atoms with Crippen LogP contribution in [0.4, 0.5) is 0 Å². The van der Waals surface area contributed by atoms with Crippen molar-refractivity contribution in [3.05, 3.63) is 24.4 Å². The number of rotatable bonds is 2. The van der Waals surface area contributed by atoms with Gasteiger partial charge in [0, 0.05) is 7.11 Å². The number of nitrogens with one attached hydrogen (secondary N) is 1. The SMILES string of the molecule is [2H]C1=CC=CNC1(OC)B(O)O. The monoisotopic (exact) mass is 156 g/mol. The molecule has 0 bridgehead atoms. The molecule has 0 aliphatic carbocycles. The standard InChI is InChI=1S/C6H10BNO3/c1-11-6(7(9)10)4-2-3-5-8-6/h2-5,8-10H,1H3/i4D. The number of dihydropyridines is 1. The Labute approximate surface area is 66.7 Å². The summed E-state index contributed by atoms with van der Waals surface area (Å²) in [6, 6.07) is -0.0255. The second kappa shape index (κ2) is 3.08. The Morgan fingerprint density at radius 3 is 2.73 bits per heavy atom. The Bertz CT molecular complexity index is 231. The van der Waals surface area contributed by atoms with Crippen LogP contribution < -0.4 is 5.32 Å². The maximum absolute atomic E-state index is 8.97. The average Bonchev–Trinajstić information content (AvgIpc) is 2.05. The van der Waals surface area contributed by atoms with E-state index in [1.165, 1.54) is 19.4 Å². The van der Waals surface area contributed by atoms with Crippen LogP contribution >= 0.6 is 0 Å². The number of hydrogen-bond acceptors (Lipinski definition) is 4. The molecule has 1 rings (SSSR count). The van der Waals surface area contributed by atoms with Gasteiger partial charge in [0.25, 0.3) is 0 Å². The van der Waals surface area contributed by atoms with E-state index in [0.29, 0.717) is 0 Å². The van der Waals surface area contributed by atoms with E-state index in [2.05, 4.69) is 5.32 Å². The molecule has 1 heterocycles. The highest BCUT2D eigenvalue weighted by Gasteiger charge is 2.40. The van der Waals surface area contributed by atoms with E-state index in [1.807, 2.05) is 0 Å². The number of ether oxygens (including phenoxy) is 1. The maximum atomic E-state index is 8.97. The largest absolute Gasteiger partial charge is 0.512 e. The van der Waals surface area contributed by atoms with Crippen molar-refractivity contribution in [1.29, 1.82) is 0 Å². The Kier molecular flexibility index (Phi) is 1.94. The fourth-order valence-electron chi connectivity index (χ4n) is 0.806. The second-order valence-electron chi connectivity index (χ2n) is 2.13. The van der Waals surface area contributed by atoms with Crippen LogP contribution in [-0.2, 0) is 4.74 Å². The van der Waals surface area contributed by atoms with Crippen LogP contribution in [-0.4, -0.2) is 29.9 Å². The highest BCUT2D eigenvalue weighted by atomic mass is 16.5. The van der Waals surface area contributed by atoms with Gasteiger partial charge in [-0.1, -0.05) is 6.08 Å². The third-order valence-electron chi connectivity index (χ3n) is 1.47. The zero-order valence-corrected chi connectivity index (χ0v) is 6.11. The molecule has 0 aromatic carbocycles. The van der Waals surface area contributed by atoms with Gasteiger partial charge >= 0.3 is 7.12 Å². The minimum absolute atomic E-state index is 0.0255. The molecule has 3 N–H and O–H groups in total. The van der Waals surface area contributed by atoms with Crippen molar-refractivity contribution in [2.75, 3.05) is 7.11 Å². The Morgan fingerprint density at radius 2 is 2.36 bits per heavy atom. The van der Waals surface area contributed by atoms with Crippen LogP contribution in [0.25, 0.3) is 0 Å². The van der Waals surface area contributed by atoms with Crippen LogP contribution in [0.1, 0.15) is 1.37 Å². The quantitative estimate of drug-likeness (QED) is 0.449. The molecule has 0 fully saturated rings. The third kappa shape index (κ3) is 1.45. The summed E-state index contributed by atoms with van der Waals surface area (Å²) < 4.78 is 12.2. The van der Waals surface area contributed by atoms with Gasteiger partial charge in [-0.3, -0.25) is 0 Å². The second-order valence-corrected chi connectivity index (χ2v) is 2.13. The summed E-state index contributed by atoms with van der Waals surface area (Å²) in [5.41, 5.74) is -1.52. The van der Waals surface area contributed by atoms with Gasteiger partial charge in [-0.05, 0) is 18.3 Å². The van der Waals surface area contributed by atoms with Crippen molar-refractivity contribution in [2.45, 2.75) is 5.62 Å². The Balaban J connectivity index is 2.94. The van der Waals surface area contributed by atoms with Gasteiger partial charge in [0.2, 0.25) is 0 Å². The van der Waals surface area contributed by atoms with Gasteiger partial charge in [0.05, 0.1) is 1.37 Å². The molecule has 0 saturated carbocycles. The van der Waals surface area contributed by atoms with E-state index in [0.717, 1.165) is 0 Å². The summed E-state index contributed by atoms with van der Waals surface area (Å²) in [4.78, 5) is 0. The lowest BCUT2D eigenvalue weighted by Crippen LogP contribution is -2.56. The van der Waals surface area contributed by atoms with Gasteiger partial charge in [0.15, 0.2) is 5.62 Å². The van der Waals surface area contributed by atoms with Crippen LogP contribution in [0.5, 0.6) is 0 Å². The Hall–Kier alpha value is -0.775. The van der Waals surface area contributed by atoms with Crippen molar-refractivity contribution >= 4 is 7.12 Å². The number of hydrogen-bond donors (Lipinski definition) is 3. The highest BCUT2D eigenvalue weighted by molar-refractivity contribution is 6.46. The molecule has 0 saturated heterocycles. The zero-order chi connectivity index (χ0) is 9.19. The maximum Gasteiger partial charge on any atom is 0.512 e. The fraction of sp³-hybridized carbons (Fsp3) is 0.333. The van der Waals surface area contributed by atoms with Gasteiger partial charge < -0.3 is 20.1 Å². The molecule has 60 valence electrons. The number of methoxy groups -OCH3 is 1. The highest BCUT2D eigenvalue weighted by Crippen LogP contribution is 2.12. The molecule has 0 aromatic rings. The van der Waals surface area contributed by atoms with E-state index in [-0.39, 0.29) is 6.05 Å². The van der Waals surface area contributed by atoms with Crippen LogP contribution in [0.15, 0.2) is 24.4 Å². The van der Waals surface area contributed by atoms with Crippen molar-refractivity contribution in [3.8, 4) is 0 Å². The van der Waals surface area contributed by atoms with E-state index < -0.39 is 12.7 Å². The van der Waals surface area contributed by atoms with E-state index >= 15 is 0 Å². The van der Waals surface area contributed by atoms with Crippen LogP contribution in [0.2, 0.25) is 0 Å². The van der Waals surface area contributed by atoms with Gasteiger partial charge in [0.1, 0.15) is 0 Å². The summed E-state index contributed by atoms with van der Waals surface area (Å²) in [6.07, 6.45) is 4.50. The van der Waals surface area contributed by atoms with Gasteiger partial charge in [-0.25, -0.2) is 0 Å². The molecule has 1 atom stereocenters. The first-order valence-electron chi connectivity index (χ1n) is 3.66. The van der Waals surface area contributed by atoms with Gasteiger partial charge in [-0.15, -0.1) is 0 Å². The minimum atomic E-state index is -1.77. The lowest BCUT2D eigenvalue weighted by Gasteiger charge is -2.29. The van der Waals surface area contributed by atoms with Crippen molar-refractivity contribution in [1.82, 2.24) is 5.32 Å². The summed E-state index contributed by atoms with van der Waals surface area (Å²) in [5, 5.41) is 20.5. The molecule has 11 heavy (non-hydrogen) atoms. The average molecular weight is 156 g/mol. The molecule has 0 spiro atoms. The van der Waals surface area contributed by atoms with Crippen molar-refractivity contribution in [3.63, 3.8) is 0 Å². The van der Waals surface area contributed by atoms with E-state index in [4.69, 9.17) is 16.2 Å². The van der Waals surface area contributed by atoms with Crippen molar-refractivity contribution in [2.24, 2.45) is 0 Å². The molecule has 1 unspecified atom stereocenters. The molecule has 0 aromatic heterocycles. The predicted molar refractivity (Wildman–Crippen MR) is 41.3 cm³/mol. The molecule has 5 heteroatoms. The van der Waals surface area contributed by atoms with E-state index in [9.17, 15) is 0 Å². The molecular weight excluding hydrogens is 145 g/mol. The van der Waals surface area contributed by atoms with Crippen LogP contribution in [0.3, 0.4) is 0 Å². The lowest BCUT2D eigenvalue weighted by atomic mass is 9.74. The van der Waals surface area contributed by atoms with Crippen LogP contribution in [0, 0.1) is 0 Å². The van der Waals surface area contributed by atoms with Crippen molar-refractivity contribution < 1.29 is 16.2 Å². The molecule has 1 aliphatic rings. The molecule has 0 radical (unpaired) electrons. The topological polar surface area (TPSA) is 61.7 Å². The number of allylic oxidation sites excluding steroid dienone is 2. The summed E-state index contributed by atoms with van der Waals surface area (Å²) in [7, 11) is -0.468. The first-order valence-corrected chi connectivity index (χ1v) is 3.16. The lowest BCUT2D eigenvalue weighted by molar-refractivity contribution is 0.0508. The first kappa shape index (κ1) is 6.91. The molecular formula is C6H10BNO3. The normalized spacial score (nSPS) is 30.5. The zero-order valence-electron chi connectivity index (χ0n) is 7.11. The third-order valence-corrected chi connectivity index (χ3v) is 1.47. The molecule has 4 nitrogen and oxygen atoms in total. The summed E-state index contributed by atoms with van der Waals surface area (Å²) >= 11 is 0. The summed E-state index contributed by atoms with van der Waals surface area (Å²) in [6.45, 7) is 0. The predicted octanol–water partition coefficient (Wildman–Crippen LogP) is -0.986. The minimum Gasteiger partial charge on any atom is -0.424 e. The Morgan fingerprint density at radius 1 is 1.64 bits per heavy atom. The smallest absolute Gasteiger partial charge is 0.424 e. The first-order chi connectivity index (χ1) is 5.63.